The molecule has 3 N–H and O–H groups in total. The monoisotopic (exact) mass is 972 g/mol. The van der Waals surface area contributed by atoms with Crippen molar-refractivity contribution in [2.45, 2.75) is 353 Å². The molecule has 6 nitrogen and oxygen atoms in total. The number of aliphatic hydroxyl groups is 2. The molecule has 0 saturated heterocycles. The zero-order valence-electron chi connectivity index (χ0n) is 46.6. The molecule has 0 radical (unpaired) electrons. The highest BCUT2D eigenvalue weighted by molar-refractivity contribution is 5.76. The summed E-state index contributed by atoms with van der Waals surface area (Å²) < 4.78 is 5.48. The molecule has 1 amide bonds. The highest BCUT2D eigenvalue weighted by Crippen LogP contribution is 2.18. The van der Waals surface area contributed by atoms with Crippen LogP contribution in [-0.4, -0.2) is 47.4 Å². The van der Waals surface area contributed by atoms with E-state index in [-0.39, 0.29) is 18.5 Å². The summed E-state index contributed by atoms with van der Waals surface area (Å²) in [6.07, 6.45) is 72.1. The van der Waals surface area contributed by atoms with Crippen molar-refractivity contribution in [1.29, 1.82) is 0 Å². The number of nitrogens with one attached hydrogen (secondary N) is 1. The summed E-state index contributed by atoms with van der Waals surface area (Å²) >= 11 is 0. The molecule has 2 atom stereocenters. The maximum Gasteiger partial charge on any atom is 0.305 e. The van der Waals surface area contributed by atoms with Gasteiger partial charge in [-0.2, -0.15) is 0 Å². The van der Waals surface area contributed by atoms with Gasteiger partial charge in [-0.05, 0) is 51.4 Å². The van der Waals surface area contributed by atoms with Crippen LogP contribution in [0.3, 0.4) is 0 Å². The van der Waals surface area contributed by atoms with E-state index in [0.717, 1.165) is 51.4 Å². The Bertz CT molecular complexity index is 1080. The number of esters is 1. The molecule has 2 unspecified atom stereocenters. The SMILES string of the molecule is CCCC/C=C\C/C=C\CCCCCCCC(=O)OCCCCCCCCCCCCCCCCCCCCCCCCCCCCCCCC(=O)NC(CO)C(O)CCCCCCCCCCC. The molecule has 0 bridgehead atoms. The second-order valence-electron chi connectivity index (χ2n) is 21.4. The van der Waals surface area contributed by atoms with Crippen molar-refractivity contribution in [2.24, 2.45) is 0 Å². The largest absolute Gasteiger partial charge is 0.466 e. The minimum Gasteiger partial charge on any atom is -0.466 e. The van der Waals surface area contributed by atoms with Crippen molar-refractivity contribution >= 4 is 11.9 Å². The maximum absolute atomic E-state index is 12.4. The molecule has 0 rings (SSSR count). The van der Waals surface area contributed by atoms with Gasteiger partial charge in [0.25, 0.3) is 0 Å². The summed E-state index contributed by atoms with van der Waals surface area (Å²) in [4.78, 5) is 24.4. The standard InChI is InChI=1S/C63H121NO5/c1-3-5-7-9-11-13-14-15-34-37-41-45-49-53-57-63(68)69-58-54-50-46-42-38-35-32-30-28-26-24-22-20-18-16-17-19-21-23-25-27-29-31-33-36-40-44-48-52-56-62(67)64-60(59-65)61(66)55-51-47-43-39-12-10-8-6-4-2/h9,11,14-15,60-61,65-66H,3-8,10,12-13,16-59H2,1-2H3,(H,64,67)/b11-9-,15-14-. The van der Waals surface area contributed by atoms with Crippen molar-refractivity contribution in [3.63, 3.8) is 0 Å². The van der Waals surface area contributed by atoms with Crippen LogP contribution >= 0.6 is 0 Å². The fourth-order valence-electron chi connectivity index (χ4n) is 9.72. The molecule has 0 aromatic rings. The molecule has 0 aromatic heterocycles. The summed E-state index contributed by atoms with van der Waals surface area (Å²) in [5.74, 6) is -0.0280. The van der Waals surface area contributed by atoms with Crippen LogP contribution in [-0.2, 0) is 14.3 Å². The molecule has 0 fully saturated rings. The van der Waals surface area contributed by atoms with Gasteiger partial charge in [-0.3, -0.25) is 9.59 Å². The second-order valence-corrected chi connectivity index (χ2v) is 21.4. The van der Waals surface area contributed by atoms with Crippen molar-refractivity contribution < 1.29 is 24.5 Å². The second kappa shape index (κ2) is 58.9. The summed E-state index contributed by atoms with van der Waals surface area (Å²) in [6.45, 7) is 4.90. The van der Waals surface area contributed by atoms with Crippen LogP contribution < -0.4 is 5.32 Å². The molecule has 6 heteroatoms. The molecular weight excluding hydrogens is 851 g/mol. The predicted molar refractivity (Wildman–Crippen MR) is 301 cm³/mol. The number of rotatable bonds is 58. The van der Waals surface area contributed by atoms with Crippen molar-refractivity contribution in [3.8, 4) is 0 Å². The van der Waals surface area contributed by atoms with E-state index in [0.29, 0.717) is 25.9 Å². The molecule has 0 saturated carbocycles. The summed E-state index contributed by atoms with van der Waals surface area (Å²) in [6, 6.07) is -0.536. The fourth-order valence-corrected chi connectivity index (χ4v) is 9.72. The fraction of sp³-hybridized carbons (Fsp3) is 0.905. The summed E-state index contributed by atoms with van der Waals surface area (Å²) in [5.41, 5.74) is 0. The number of ether oxygens (including phenoxy) is 1. The van der Waals surface area contributed by atoms with Crippen LogP contribution in [0.5, 0.6) is 0 Å². The third-order valence-corrected chi connectivity index (χ3v) is 14.5. The Labute approximate surface area is 431 Å². The number of aliphatic hydroxyl groups excluding tert-OH is 2. The minimum absolute atomic E-state index is 0.00486. The Balaban J connectivity index is 3.30. The minimum atomic E-state index is -0.659. The number of carbonyl (C=O) groups excluding carboxylic acids is 2. The van der Waals surface area contributed by atoms with E-state index in [9.17, 15) is 19.8 Å². The van der Waals surface area contributed by atoms with Crippen LogP contribution in [0.15, 0.2) is 24.3 Å². The molecule has 0 aliphatic carbocycles. The van der Waals surface area contributed by atoms with E-state index >= 15 is 0 Å². The van der Waals surface area contributed by atoms with Gasteiger partial charge in [-0.25, -0.2) is 0 Å². The lowest BCUT2D eigenvalue weighted by atomic mass is 10.0. The Morgan fingerprint density at radius 2 is 0.739 bits per heavy atom. The van der Waals surface area contributed by atoms with Crippen molar-refractivity contribution in [2.75, 3.05) is 13.2 Å². The van der Waals surface area contributed by atoms with Crippen LogP contribution in [0.2, 0.25) is 0 Å². The number of unbranched alkanes of at least 4 members (excludes halogenated alkanes) is 43. The van der Waals surface area contributed by atoms with Crippen LogP contribution in [0.4, 0.5) is 0 Å². The molecule has 69 heavy (non-hydrogen) atoms. The Kier molecular flexibility index (Phi) is 57.5. The van der Waals surface area contributed by atoms with E-state index < -0.39 is 12.1 Å². The lowest BCUT2D eigenvalue weighted by Gasteiger charge is -2.22. The van der Waals surface area contributed by atoms with E-state index in [1.807, 2.05) is 0 Å². The van der Waals surface area contributed by atoms with Gasteiger partial charge in [-0.1, -0.05) is 301 Å². The van der Waals surface area contributed by atoms with Gasteiger partial charge in [-0.15, -0.1) is 0 Å². The van der Waals surface area contributed by atoms with Gasteiger partial charge in [0.2, 0.25) is 5.91 Å². The lowest BCUT2D eigenvalue weighted by Crippen LogP contribution is -2.45. The normalized spacial score (nSPS) is 12.7. The number of allylic oxidation sites excluding steroid dienone is 4. The Hall–Kier alpha value is -1.66. The Morgan fingerprint density at radius 1 is 0.406 bits per heavy atom. The lowest BCUT2D eigenvalue weighted by molar-refractivity contribution is -0.143. The first-order valence-electron chi connectivity index (χ1n) is 31.1. The number of hydrogen-bond donors (Lipinski definition) is 3. The molecule has 0 heterocycles. The van der Waals surface area contributed by atoms with E-state index in [4.69, 9.17) is 4.74 Å². The van der Waals surface area contributed by atoms with Gasteiger partial charge >= 0.3 is 5.97 Å². The highest BCUT2D eigenvalue weighted by atomic mass is 16.5. The summed E-state index contributed by atoms with van der Waals surface area (Å²) in [5, 5.41) is 23.1. The van der Waals surface area contributed by atoms with Crippen molar-refractivity contribution in [1.82, 2.24) is 5.32 Å². The number of carbonyl (C=O) groups is 2. The smallest absolute Gasteiger partial charge is 0.305 e. The zero-order chi connectivity index (χ0) is 50.0. The van der Waals surface area contributed by atoms with Gasteiger partial charge in [0.15, 0.2) is 0 Å². The van der Waals surface area contributed by atoms with Gasteiger partial charge < -0.3 is 20.3 Å². The quantitative estimate of drug-likeness (QED) is 0.0321. The van der Waals surface area contributed by atoms with Crippen molar-refractivity contribution in [3.05, 3.63) is 24.3 Å². The van der Waals surface area contributed by atoms with E-state index in [2.05, 4.69) is 43.5 Å². The molecule has 0 aliphatic heterocycles. The number of amides is 1. The molecule has 0 aromatic carbocycles. The topological polar surface area (TPSA) is 95.9 Å². The molecular formula is C63H121NO5. The van der Waals surface area contributed by atoms with Crippen LogP contribution in [0.25, 0.3) is 0 Å². The summed E-state index contributed by atoms with van der Waals surface area (Å²) in [7, 11) is 0. The van der Waals surface area contributed by atoms with E-state index in [1.54, 1.807) is 0 Å². The van der Waals surface area contributed by atoms with Crippen LogP contribution in [0.1, 0.15) is 341 Å². The third kappa shape index (κ3) is 55.5. The van der Waals surface area contributed by atoms with Crippen LogP contribution in [0, 0.1) is 0 Å². The number of hydrogen-bond acceptors (Lipinski definition) is 5. The first kappa shape index (κ1) is 67.3. The third-order valence-electron chi connectivity index (χ3n) is 14.5. The molecule has 0 aliphatic rings. The average molecular weight is 973 g/mol. The van der Waals surface area contributed by atoms with Gasteiger partial charge in [0.1, 0.15) is 0 Å². The van der Waals surface area contributed by atoms with E-state index in [1.165, 1.54) is 257 Å². The molecule has 408 valence electrons. The first-order valence-corrected chi connectivity index (χ1v) is 31.1. The Morgan fingerprint density at radius 3 is 1.14 bits per heavy atom. The maximum atomic E-state index is 12.4. The predicted octanol–water partition coefficient (Wildman–Crippen LogP) is 19.4. The van der Waals surface area contributed by atoms with Gasteiger partial charge in [0.05, 0.1) is 25.4 Å². The first-order chi connectivity index (χ1) is 34.0. The highest BCUT2D eigenvalue weighted by Gasteiger charge is 2.20. The molecule has 0 spiro atoms. The zero-order valence-corrected chi connectivity index (χ0v) is 46.6. The van der Waals surface area contributed by atoms with Gasteiger partial charge in [0, 0.05) is 12.8 Å². The average Bonchev–Trinajstić information content (AvgIpc) is 3.35.